The molecule has 0 aromatic rings. The number of carbonyl (C=O) groups is 1. The van der Waals surface area contributed by atoms with Gasteiger partial charge in [0, 0.05) is 6.42 Å². The van der Waals surface area contributed by atoms with Crippen molar-refractivity contribution in [3.8, 4) is 0 Å². The summed E-state index contributed by atoms with van der Waals surface area (Å²) in [4.78, 5) is 12.8. The van der Waals surface area contributed by atoms with Crippen LogP contribution in [0.2, 0.25) is 0 Å². The van der Waals surface area contributed by atoms with Crippen LogP contribution in [0.1, 0.15) is 232 Å². The number of allylic oxidation sites excluding steroid dienone is 3. The summed E-state index contributed by atoms with van der Waals surface area (Å²) >= 11 is 0. The number of ether oxygens (including phenoxy) is 2. The molecule has 0 aromatic carbocycles. The molecule has 1 saturated heterocycles. The van der Waals surface area contributed by atoms with E-state index in [0.717, 1.165) is 32.1 Å². The monoisotopic (exact) mass is 838 g/mol. The minimum Gasteiger partial charge on any atom is -0.394 e. The molecule has 9 nitrogen and oxygen atoms in total. The van der Waals surface area contributed by atoms with E-state index in [0.29, 0.717) is 6.42 Å². The van der Waals surface area contributed by atoms with Crippen LogP contribution in [0.25, 0.3) is 0 Å². The van der Waals surface area contributed by atoms with Crippen molar-refractivity contribution in [1.29, 1.82) is 0 Å². The molecule has 9 heteroatoms. The zero-order valence-electron chi connectivity index (χ0n) is 38.3. The van der Waals surface area contributed by atoms with Gasteiger partial charge in [0.05, 0.1) is 25.4 Å². The van der Waals surface area contributed by atoms with Crippen LogP contribution in [0.15, 0.2) is 24.3 Å². The van der Waals surface area contributed by atoms with Crippen molar-refractivity contribution < 1.29 is 39.8 Å². The lowest BCUT2D eigenvalue weighted by Crippen LogP contribution is -2.60. The molecule has 7 unspecified atom stereocenters. The molecule has 0 aromatic heterocycles. The number of aliphatic hydroxyl groups excluding tert-OH is 5. The van der Waals surface area contributed by atoms with E-state index in [4.69, 9.17) is 9.47 Å². The first-order valence-corrected chi connectivity index (χ1v) is 25.1. The van der Waals surface area contributed by atoms with Gasteiger partial charge in [-0.15, -0.1) is 0 Å². The fraction of sp³-hybridized carbons (Fsp3) is 0.900. The van der Waals surface area contributed by atoms with Gasteiger partial charge in [0.1, 0.15) is 24.4 Å². The molecule has 1 amide bonds. The second-order valence-electron chi connectivity index (χ2n) is 17.6. The third-order valence-electron chi connectivity index (χ3n) is 12.0. The van der Waals surface area contributed by atoms with Crippen LogP contribution in [0, 0.1) is 0 Å². The molecular formula is C50H95NO8. The Morgan fingerprint density at radius 2 is 0.983 bits per heavy atom. The molecule has 1 fully saturated rings. The lowest BCUT2D eigenvalue weighted by molar-refractivity contribution is -0.302. The van der Waals surface area contributed by atoms with Crippen LogP contribution in [0.5, 0.6) is 0 Å². The summed E-state index contributed by atoms with van der Waals surface area (Å²) in [5, 5.41) is 53.4. The van der Waals surface area contributed by atoms with Crippen molar-refractivity contribution in [3.05, 3.63) is 24.3 Å². The summed E-state index contributed by atoms with van der Waals surface area (Å²) in [6.45, 7) is 3.57. The van der Waals surface area contributed by atoms with Crippen LogP contribution in [0.4, 0.5) is 0 Å². The molecule has 1 aliphatic rings. The van der Waals surface area contributed by atoms with Gasteiger partial charge in [-0.2, -0.15) is 0 Å². The van der Waals surface area contributed by atoms with Crippen molar-refractivity contribution in [2.75, 3.05) is 13.2 Å². The van der Waals surface area contributed by atoms with E-state index in [-0.39, 0.29) is 12.5 Å². The standard InChI is InChI=1S/C50H95NO8/c1-3-5-7-8-9-10-11-12-13-14-15-16-17-18-19-20-21-22-23-24-25-26-27-28-29-30-31-32-33-34-35-36-38-40-46(54)51-43(44(53)39-37-6-4-2)42-58-50-49(57)48(56)47(55)45(41-52)59-50/h14-15,37,39,43-45,47-50,52-53,55-57H,3-13,16-36,38,40-42H2,1-2H3,(H,51,54)/b15-14-,39-37+. The predicted molar refractivity (Wildman–Crippen MR) is 244 cm³/mol. The molecule has 1 heterocycles. The second kappa shape index (κ2) is 40.7. The highest BCUT2D eigenvalue weighted by Crippen LogP contribution is 2.23. The van der Waals surface area contributed by atoms with Gasteiger partial charge in [-0.05, 0) is 38.5 Å². The van der Waals surface area contributed by atoms with Crippen molar-refractivity contribution in [2.45, 2.75) is 275 Å². The number of hydrogen-bond acceptors (Lipinski definition) is 8. The van der Waals surface area contributed by atoms with Crippen LogP contribution in [-0.4, -0.2) is 87.5 Å². The van der Waals surface area contributed by atoms with E-state index in [2.05, 4.69) is 24.4 Å². The highest BCUT2D eigenvalue weighted by molar-refractivity contribution is 5.76. The quantitative estimate of drug-likeness (QED) is 0.0263. The molecule has 1 aliphatic heterocycles. The maximum atomic E-state index is 12.8. The van der Waals surface area contributed by atoms with Crippen LogP contribution in [0.3, 0.4) is 0 Å². The van der Waals surface area contributed by atoms with E-state index in [1.165, 1.54) is 180 Å². The summed E-state index contributed by atoms with van der Waals surface area (Å²) in [5.41, 5.74) is 0. The largest absolute Gasteiger partial charge is 0.394 e. The SMILES string of the molecule is CCC/C=C/C(O)C(COC1OC(CO)C(O)C(O)C1O)NC(=O)CCCCCCCCCCCCCCCCCCCCCCC/C=C\CCCCCCCCCC. The van der Waals surface area contributed by atoms with Gasteiger partial charge in [0.15, 0.2) is 6.29 Å². The molecule has 7 atom stereocenters. The first kappa shape index (κ1) is 55.7. The molecule has 0 bridgehead atoms. The first-order chi connectivity index (χ1) is 28.8. The summed E-state index contributed by atoms with van der Waals surface area (Å²) in [7, 11) is 0. The normalized spacial score (nSPS) is 20.8. The molecule has 59 heavy (non-hydrogen) atoms. The molecule has 6 N–H and O–H groups in total. The number of nitrogens with one attached hydrogen (secondary N) is 1. The lowest BCUT2D eigenvalue weighted by Gasteiger charge is -2.40. The number of carbonyl (C=O) groups excluding carboxylic acids is 1. The highest BCUT2D eigenvalue weighted by Gasteiger charge is 2.44. The number of hydrogen-bond donors (Lipinski definition) is 6. The van der Waals surface area contributed by atoms with Gasteiger partial charge in [0.2, 0.25) is 5.91 Å². The maximum Gasteiger partial charge on any atom is 0.220 e. The molecule has 1 rings (SSSR count). The fourth-order valence-corrected chi connectivity index (χ4v) is 7.98. The summed E-state index contributed by atoms with van der Waals surface area (Å²) in [5.74, 6) is -0.186. The zero-order valence-corrected chi connectivity index (χ0v) is 38.3. The number of amides is 1. The zero-order chi connectivity index (χ0) is 43.0. The van der Waals surface area contributed by atoms with E-state index in [9.17, 15) is 30.3 Å². The minimum atomic E-state index is -1.56. The number of aliphatic hydroxyl groups is 5. The fourth-order valence-electron chi connectivity index (χ4n) is 7.98. The van der Waals surface area contributed by atoms with Gasteiger partial charge in [0.25, 0.3) is 0 Å². The van der Waals surface area contributed by atoms with Gasteiger partial charge in [-0.3, -0.25) is 4.79 Å². The predicted octanol–water partition coefficient (Wildman–Crippen LogP) is 11.1. The first-order valence-electron chi connectivity index (χ1n) is 25.1. The van der Waals surface area contributed by atoms with Gasteiger partial charge >= 0.3 is 0 Å². The minimum absolute atomic E-state index is 0.186. The Balaban J connectivity index is 1.94. The summed E-state index contributed by atoms with van der Waals surface area (Å²) in [6, 6.07) is -0.797. The summed E-state index contributed by atoms with van der Waals surface area (Å²) < 4.78 is 11.1. The van der Waals surface area contributed by atoms with Crippen LogP contribution in [-0.2, 0) is 14.3 Å². The van der Waals surface area contributed by atoms with E-state index in [1.54, 1.807) is 6.08 Å². The van der Waals surface area contributed by atoms with Crippen molar-refractivity contribution in [3.63, 3.8) is 0 Å². The molecule has 0 saturated carbocycles. The third kappa shape index (κ3) is 31.2. The van der Waals surface area contributed by atoms with E-state index < -0.39 is 49.5 Å². The Kier molecular flexibility index (Phi) is 38.4. The Morgan fingerprint density at radius 1 is 0.559 bits per heavy atom. The topological polar surface area (TPSA) is 149 Å². The Morgan fingerprint density at radius 3 is 1.41 bits per heavy atom. The lowest BCUT2D eigenvalue weighted by atomic mass is 9.99. The van der Waals surface area contributed by atoms with Gasteiger partial charge in [-0.1, -0.05) is 212 Å². The van der Waals surface area contributed by atoms with E-state index >= 15 is 0 Å². The second-order valence-corrected chi connectivity index (χ2v) is 17.6. The maximum absolute atomic E-state index is 12.8. The Bertz CT molecular complexity index is 977. The van der Waals surface area contributed by atoms with Gasteiger partial charge < -0.3 is 40.3 Å². The molecular weight excluding hydrogens is 743 g/mol. The third-order valence-corrected chi connectivity index (χ3v) is 12.0. The average Bonchev–Trinajstić information content (AvgIpc) is 3.23. The average molecular weight is 838 g/mol. The van der Waals surface area contributed by atoms with E-state index in [1.807, 2.05) is 13.0 Å². The molecule has 0 spiro atoms. The van der Waals surface area contributed by atoms with Crippen molar-refractivity contribution in [2.24, 2.45) is 0 Å². The van der Waals surface area contributed by atoms with Crippen LogP contribution < -0.4 is 5.32 Å². The highest BCUT2D eigenvalue weighted by atomic mass is 16.7. The number of unbranched alkanes of at least 4 members (excludes halogenated alkanes) is 30. The Hall–Kier alpha value is -1.33. The molecule has 0 aliphatic carbocycles. The van der Waals surface area contributed by atoms with Crippen molar-refractivity contribution in [1.82, 2.24) is 5.32 Å². The Labute approximate surface area is 362 Å². The number of rotatable bonds is 42. The molecule has 0 radical (unpaired) electrons. The molecule has 348 valence electrons. The summed E-state index contributed by atoms with van der Waals surface area (Å²) in [6.07, 6.45) is 43.7. The smallest absolute Gasteiger partial charge is 0.220 e. The van der Waals surface area contributed by atoms with Gasteiger partial charge in [-0.25, -0.2) is 0 Å². The van der Waals surface area contributed by atoms with Crippen molar-refractivity contribution >= 4 is 5.91 Å². The van der Waals surface area contributed by atoms with Crippen LogP contribution >= 0.6 is 0 Å².